The Morgan fingerprint density at radius 1 is 1.14 bits per heavy atom. The number of carbonyl (C=O) groups is 1. The van der Waals surface area contributed by atoms with Gasteiger partial charge in [0, 0.05) is 56.6 Å². The number of hydrogen-bond donors (Lipinski definition) is 4. The van der Waals surface area contributed by atoms with Crippen molar-refractivity contribution in [1.29, 1.82) is 5.26 Å². The number of aryl methyl sites for hydroxylation is 2. The first-order valence-electron chi connectivity index (χ1n) is 15.5. The highest BCUT2D eigenvalue weighted by Gasteiger charge is 2.56. The molecule has 5 atom stereocenters. The molecule has 8 nitrogen and oxygen atoms in total. The number of amides is 1. The number of amidine groups is 1. The van der Waals surface area contributed by atoms with E-state index >= 15 is 0 Å². The van der Waals surface area contributed by atoms with Crippen LogP contribution in [0.15, 0.2) is 48.0 Å². The highest BCUT2D eigenvalue weighted by molar-refractivity contribution is 5.98. The van der Waals surface area contributed by atoms with E-state index in [4.69, 9.17) is 5.73 Å². The van der Waals surface area contributed by atoms with Crippen LogP contribution < -0.4 is 21.7 Å². The van der Waals surface area contributed by atoms with Gasteiger partial charge >= 0.3 is 0 Å². The molecule has 8 heteroatoms. The standard InChI is InChI=1S/C35H47N7O/c1-21(41-20-34(3,4)42-28(19-36)16-27-17-31(27)42)18-35(33(37)40-7)29-12-10-23(22(2)38-5)14-24(29)8-9-25-15-26(32(43)39-6)11-13-30(25)35/h10-15,21,27-28,31,38,41H,2,8-9,16-18,20H2,1,3-7H3,(H2,37,40)(H,39,43)/t21-,27+,28?,31-,35?/m0/s1. The van der Waals surface area contributed by atoms with E-state index in [9.17, 15) is 10.1 Å². The third-order valence-corrected chi connectivity index (χ3v) is 10.1. The third-order valence-electron chi connectivity index (χ3n) is 10.1. The van der Waals surface area contributed by atoms with Gasteiger partial charge in [0.25, 0.3) is 5.91 Å². The Labute approximate surface area is 256 Å². The van der Waals surface area contributed by atoms with Crippen LogP contribution in [0.3, 0.4) is 0 Å². The molecule has 0 spiro atoms. The molecule has 0 radical (unpaired) electrons. The highest BCUT2D eigenvalue weighted by Crippen LogP contribution is 2.51. The molecule has 2 fully saturated rings. The largest absolute Gasteiger partial charge is 0.388 e. The average Bonchev–Trinajstić information content (AvgIpc) is 3.70. The van der Waals surface area contributed by atoms with Gasteiger partial charge in [0.1, 0.15) is 5.84 Å². The summed E-state index contributed by atoms with van der Waals surface area (Å²) in [6.07, 6.45) is 4.47. The van der Waals surface area contributed by atoms with Crippen molar-refractivity contribution >= 4 is 17.4 Å². The molecule has 43 heavy (non-hydrogen) atoms. The second-order valence-electron chi connectivity index (χ2n) is 13.2. The van der Waals surface area contributed by atoms with Gasteiger partial charge in [0.05, 0.1) is 17.5 Å². The van der Waals surface area contributed by atoms with Crippen LogP contribution in [0.5, 0.6) is 0 Å². The minimum atomic E-state index is -0.697. The summed E-state index contributed by atoms with van der Waals surface area (Å²) >= 11 is 0. The first-order chi connectivity index (χ1) is 20.5. The van der Waals surface area contributed by atoms with Gasteiger partial charge in [-0.15, -0.1) is 0 Å². The molecule has 1 saturated heterocycles. The van der Waals surface area contributed by atoms with Gasteiger partial charge in [-0.05, 0) is 105 Å². The zero-order valence-electron chi connectivity index (χ0n) is 26.6. The summed E-state index contributed by atoms with van der Waals surface area (Å²) < 4.78 is 0. The number of fused-ring (bicyclic) bond motifs is 3. The number of nitriles is 1. The zero-order valence-corrected chi connectivity index (χ0v) is 26.6. The molecule has 228 valence electrons. The molecule has 0 aromatic heterocycles. The fourth-order valence-corrected chi connectivity index (χ4v) is 7.75. The molecule has 2 unspecified atom stereocenters. The zero-order chi connectivity index (χ0) is 31.1. The molecule has 1 amide bonds. The number of piperidine rings is 1. The van der Waals surface area contributed by atoms with E-state index in [0.29, 0.717) is 29.8 Å². The minimum Gasteiger partial charge on any atom is -0.388 e. The van der Waals surface area contributed by atoms with Crippen molar-refractivity contribution in [2.45, 2.75) is 82.0 Å². The van der Waals surface area contributed by atoms with E-state index in [-0.39, 0.29) is 23.5 Å². The van der Waals surface area contributed by atoms with Gasteiger partial charge in [-0.3, -0.25) is 14.7 Å². The van der Waals surface area contributed by atoms with Gasteiger partial charge < -0.3 is 21.7 Å². The van der Waals surface area contributed by atoms with Crippen LogP contribution >= 0.6 is 0 Å². The predicted octanol–water partition coefficient (Wildman–Crippen LogP) is 3.74. The van der Waals surface area contributed by atoms with Crippen LogP contribution in [0.4, 0.5) is 0 Å². The van der Waals surface area contributed by atoms with Gasteiger partial charge in [-0.1, -0.05) is 24.8 Å². The molecular weight excluding hydrogens is 534 g/mol. The lowest BCUT2D eigenvalue weighted by Gasteiger charge is -2.42. The maximum absolute atomic E-state index is 12.6. The lowest BCUT2D eigenvalue weighted by atomic mass is 9.67. The van der Waals surface area contributed by atoms with Gasteiger partial charge in [-0.2, -0.15) is 5.26 Å². The Morgan fingerprint density at radius 2 is 1.77 bits per heavy atom. The number of nitrogens with two attached hydrogens (primary N) is 1. The molecule has 3 aliphatic rings. The molecular formula is C35H47N7O. The molecule has 0 bridgehead atoms. The number of rotatable bonds is 10. The normalized spacial score (nSPS) is 25.4. The number of likely N-dealkylation sites (tertiary alicyclic amines) is 1. The monoisotopic (exact) mass is 581 g/mol. The molecule has 2 aromatic rings. The van der Waals surface area contributed by atoms with Gasteiger partial charge in [0.15, 0.2) is 0 Å². The number of nitrogens with one attached hydrogen (secondary N) is 3. The van der Waals surface area contributed by atoms with Crippen molar-refractivity contribution in [2.24, 2.45) is 16.6 Å². The molecule has 1 aliphatic heterocycles. The van der Waals surface area contributed by atoms with E-state index < -0.39 is 5.41 Å². The van der Waals surface area contributed by atoms with E-state index in [2.05, 4.69) is 83.5 Å². The van der Waals surface area contributed by atoms with E-state index in [1.54, 1.807) is 14.1 Å². The maximum atomic E-state index is 12.6. The van der Waals surface area contributed by atoms with Crippen LogP contribution in [0, 0.1) is 17.2 Å². The molecule has 1 saturated carbocycles. The van der Waals surface area contributed by atoms with Gasteiger partial charge in [-0.25, -0.2) is 0 Å². The van der Waals surface area contributed by atoms with Crippen LogP contribution in [0.25, 0.3) is 5.70 Å². The first-order valence-corrected chi connectivity index (χ1v) is 15.5. The summed E-state index contributed by atoms with van der Waals surface area (Å²) in [5.74, 6) is 1.13. The summed E-state index contributed by atoms with van der Waals surface area (Å²) in [4.78, 5) is 19.7. The molecule has 2 aliphatic carbocycles. The lowest BCUT2D eigenvalue weighted by molar-refractivity contribution is 0.0962. The SMILES string of the molecule is C=C(NC)c1ccc2c(c1)CCc1cc(C(=O)NC)ccc1C2(C[C@H](C)NCC(C)(C)N1C(C#N)C[C@@H]2C[C@@H]21)C(N)=NC. The number of nitrogens with zero attached hydrogens (tertiary/aromatic N) is 3. The average molecular weight is 582 g/mol. The molecule has 2 aromatic carbocycles. The van der Waals surface area contributed by atoms with E-state index in [0.717, 1.165) is 53.8 Å². The summed E-state index contributed by atoms with van der Waals surface area (Å²) in [7, 11) is 5.31. The smallest absolute Gasteiger partial charge is 0.251 e. The highest BCUT2D eigenvalue weighted by atomic mass is 16.1. The number of aliphatic imine (C=N–C) groups is 1. The predicted molar refractivity (Wildman–Crippen MR) is 174 cm³/mol. The van der Waals surface area contributed by atoms with Crippen molar-refractivity contribution < 1.29 is 4.79 Å². The third kappa shape index (κ3) is 5.45. The van der Waals surface area contributed by atoms with Gasteiger partial charge in [0.2, 0.25) is 0 Å². The molecule has 5 N–H and O–H groups in total. The summed E-state index contributed by atoms with van der Waals surface area (Å²) in [5, 5.41) is 19.6. The number of hydrogen-bond acceptors (Lipinski definition) is 6. The Morgan fingerprint density at radius 3 is 2.35 bits per heavy atom. The number of benzene rings is 2. The van der Waals surface area contributed by atoms with Crippen LogP contribution in [0.2, 0.25) is 0 Å². The first kappa shape index (κ1) is 30.8. The fraction of sp³-hybridized carbons (Fsp3) is 0.514. The maximum Gasteiger partial charge on any atom is 0.251 e. The van der Waals surface area contributed by atoms with Crippen LogP contribution in [-0.4, -0.2) is 68.0 Å². The molecule has 1 heterocycles. The number of carbonyl (C=O) groups excluding carboxylic acids is 1. The van der Waals surface area contributed by atoms with Crippen molar-refractivity contribution in [3.8, 4) is 6.07 Å². The topological polar surface area (TPSA) is 119 Å². The fourth-order valence-electron chi connectivity index (χ4n) is 7.75. The van der Waals surface area contributed by atoms with Crippen molar-refractivity contribution in [2.75, 3.05) is 27.7 Å². The second-order valence-corrected chi connectivity index (χ2v) is 13.2. The summed E-state index contributed by atoms with van der Waals surface area (Å²) in [6.45, 7) is 11.7. The lowest BCUT2D eigenvalue weighted by Crippen LogP contribution is -2.56. The Kier molecular flexibility index (Phi) is 8.43. The van der Waals surface area contributed by atoms with E-state index in [1.165, 1.54) is 12.0 Å². The van der Waals surface area contributed by atoms with Crippen molar-refractivity contribution in [3.63, 3.8) is 0 Å². The molecule has 5 rings (SSSR count). The van der Waals surface area contributed by atoms with Crippen LogP contribution in [0.1, 0.15) is 78.2 Å². The Bertz CT molecular complexity index is 1420. The van der Waals surface area contributed by atoms with Crippen molar-refractivity contribution in [1.82, 2.24) is 20.9 Å². The quantitative estimate of drug-likeness (QED) is 0.251. The van der Waals surface area contributed by atoms with Crippen LogP contribution in [-0.2, 0) is 18.3 Å². The summed E-state index contributed by atoms with van der Waals surface area (Å²) in [5.41, 5.74) is 13.2. The second kappa shape index (κ2) is 11.8. The minimum absolute atomic E-state index is 0.0123. The van der Waals surface area contributed by atoms with Crippen molar-refractivity contribution in [3.05, 3.63) is 76.4 Å². The summed E-state index contributed by atoms with van der Waals surface area (Å²) in [6, 6.07) is 15.7. The Balaban J connectivity index is 1.55. The Hall–Kier alpha value is -3.67. The van der Waals surface area contributed by atoms with E-state index in [1.807, 2.05) is 19.2 Å².